The third kappa shape index (κ3) is 7.06. The number of hydrogen-bond donors (Lipinski definition) is 2. The minimum Gasteiger partial charge on any atom is -0.490 e. The molecule has 2 aromatic rings. The summed E-state index contributed by atoms with van der Waals surface area (Å²) >= 11 is 0. The molecular weight excluding hydrogens is 479 g/mol. The smallest absolute Gasteiger partial charge is 0.224 e. The standard InChI is InChI=1S/C22H30N4O2.HI/c1-4-13-27-19-10-6-7-11-20(19)28-21-17(9-8-12-24-21)15-25-22(23-5-2)26-18-14-16(18)3;/h6-12,16,18H,4-5,13-15H2,1-3H3,(H2,23,25,26);1H. The van der Waals surface area contributed by atoms with Crippen molar-refractivity contribution in [1.82, 2.24) is 15.6 Å². The molecular formula is C22H31IN4O2. The maximum Gasteiger partial charge on any atom is 0.224 e. The monoisotopic (exact) mass is 510 g/mol. The van der Waals surface area contributed by atoms with E-state index in [1.165, 1.54) is 6.42 Å². The lowest BCUT2D eigenvalue weighted by Gasteiger charge is -2.14. The van der Waals surface area contributed by atoms with Crippen LogP contribution in [-0.4, -0.2) is 30.1 Å². The highest BCUT2D eigenvalue weighted by Gasteiger charge is 2.33. The Labute approximate surface area is 190 Å². The Morgan fingerprint density at radius 3 is 2.62 bits per heavy atom. The Kier molecular flexibility index (Phi) is 9.50. The van der Waals surface area contributed by atoms with Crippen molar-refractivity contribution < 1.29 is 9.47 Å². The van der Waals surface area contributed by atoms with E-state index in [4.69, 9.17) is 14.5 Å². The highest BCUT2D eigenvalue weighted by atomic mass is 127. The van der Waals surface area contributed by atoms with Gasteiger partial charge in [0.1, 0.15) is 0 Å². The van der Waals surface area contributed by atoms with Crippen LogP contribution in [0.5, 0.6) is 17.4 Å². The number of pyridine rings is 1. The maximum absolute atomic E-state index is 6.09. The number of aromatic nitrogens is 1. The van der Waals surface area contributed by atoms with Crippen molar-refractivity contribution in [3.05, 3.63) is 48.2 Å². The van der Waals surface area contributed by atoms with Crippen molar-refractivity contribution in [2.24, 2.45) is 10.9 Å². The van der Waals surface area contributed by atoms with Crippen LogP contribution in [-0.2, 0) is 6.54 Å². The first-order chi connectivity index (χ1) is 13.7. The fourth-order valence-electron chi connectivity index (χ4n) is 2.79. The van der Waals surface area contributed by atoms with Crippen molar-refractivity contribution in [2.45, 2.75) is 46.2 Å². The number of para-hydroxylation sites is 2. The average molecular weight is 510 g/mol. The molecule has 0 saturated heterocycles. The van der Waals surface area contributed by atoms with Crippen molar-refractivity contribution in [3.63, 3.8) is 0 Å². The second-order valence-corrected chi connectivity index (χ2v) is 7.02. The van der Waals surface area contributed by atoms with Gasteiger partial charge in [-0.15, -0.1) is 24.0 Å². The summed E-state index contributed by atoms with van der Waals surface area (Å²) in [6.07, 6.45) is 3.87. The number of hydrogen-bond acceptors (Lipinski definition) is 4. The number of ether oxygens (including phenoxy) is 2. The lowest BCUT2D eigenvalue weighted by atomic mass is 10.2. The predicted molar refractivity (Wildman–Crippen MR) is 127 cm³/mol. The van der Waals surface area contributed by atoms with Crippen molar-refractivity contribution >= 4 is 29.9 Å². The zero-order valence-corrected chi connectivity index (χ0v) is 19.7. The van der Waals surface area contributed by atoms with E-state index in [9.17, 15) is 0 Å². The topological polar surface area (TPSA) is 67.8 Å². The Morgan fingerprint density at radius 2 is 1.93 bits per heavy atom. The van der Waals surface area contributed by atoms with Gasteiger partial charge in [-0.2, -0.15) is 0 Å². The van der Waals surface area contributed by atoms with Crippen LogP contribution >= 0.6 is 24.0 Å². The molecule has 6 nitrogen and oxygen atoms in total. The van der Waals surface area contributed by atoms with Crippen LogP contribution < -0.4 is 20.1 Å². The van der Waals surface area contributed by atoms with Crippen LogP contribution in [0.2, 0.25) is 0 Å². The normalized spacial score (nSPS) is 17.8. The molecule has 1 aromatic carbocycles. The summed E-state index contributed by atoms with van der Waals surface area (Å²) in [7, 11) is 0. The third-order valence-corrected chi connectivity index (χ3v) is 4.55. The van der Waals surface area contributed by atoms with E-state index in [2.05, 4.69) is 36.4 Å². The number of guanidine groups is 1. The molecule has 0 spiro atoms. The molecule has 2 atom stereocenters. The van der Waals surface area contributed by atoms with Crippen molar-refractivity contribution in [1.29, 1.82) is 0 Å². The first-order valence-electron chi connectivity index (χ1n) is 10.1. The molecule has 3 rings (SSSR count). The highest BCUT2D eigenvalue weighted by molar-refractivity contribution is 14.0. The van der Waals surface area contributed by atoms with Crippen LogP contribution in [0.4, 0.5) is 0 Å². The Bertz CT molecular complexity index is 800. The van der Waals surface area contributed by atoms with E-state index >= 15 is 0 Å². The molecule has 2 N–H and O–H groups in total. The van der Waals surface area contributed by atoms with E-state index < -0.39 is 0 Å². The number of rotatable bonds is 9. The SMILES string of the molecule is CCCOc1ccccc1Oc1ncccc1CN=C(NCC)NC1CC1C.I. The Balaban J connectivity index is 0.00000300. The van der Waals surface area contributed by atoms with Crippen LogP contribution in [0.15, 0.2) is 47.6 Å². The lowest BCUT2D eigenvalue weighted by Crippen LogP contribution is -2.39. The fourth-order valence-corrected chi connectivity index (χ4v) is 2.79. The van der Waals surface area contributed by atoms with Gasteiger partial charge in [0, 0.05) is 24.3 Å². The zero-order chi connectivity index (χ0) is 19.8. The number of aliphatic imine (C=N–C) groups is 1. The molecule has 1 aromatic heterocycles. The van der Waals surface area contributed by atoms with Gasteiger partial charge >= 0.3 is 0 Å². The molecule has 1 heterocycles. The minimum absolute atomic E-state index is 0. The van der Waals surface area contributed by atoms with Gasteiger partial charge in [-0.3, -0.25) is 0 Å². The summed E-state index contributed by atoms with van der Waals surface area (Å²) in [5, 5.41) is 6.77. The molecule has 29 heavy (non-hydrogen) atoms. The molecule has 7 heteroatoms. The van der Waals surface area contributed by atoms with E-state index in [0.29, 0.717) is 36.7 Å². The molecule has 0 aliphatic heterocycles. The molecule has 0 amide bonds. The molecule has 1 fully saturated rings. The van der Waals surface area contributed by atoms with Gasteiger partial charge < -0.3 is 20.1 Å². The number of nitrogens with one attached hydrogen (secondary N) is 2. The summed E-state index contributed by atoms with van der Waals surface area (Å²) in [4.78, 5) is 9.13. The molecule has 1 aliphatic carbocycles. The first kappa shape index (κ1) is 23.3. The minimum atomic E-state index is 0. The van der Waals surface area contributed by atoms with Gasteiger partial charge in [0.15, 0.2) is 17.5 Å². The maximum atomic E-state index is 6.09. The number of halogens is 1. The molecule has 1 saturated carbocycles. The van der Waals surface area contributed by atoms with E-state index in [1.54, 1.807) is 6.20 Å². The van der Waals surface area contributed by atoms with E-state index in [0.717, 1.165) is 30.2 Å². The number of benzene rings is 1. The molecule has 1 aliphatic rings. The van der Waals surface area contributed by atoms with Gasteiger partial charge in [-0.25, -0.2) is 9.98 Å². The second-order valence-electron chi connectivity index (χ2n) is 7.02. The molecule has 2 unspecified atom stereocenters. The van der Waals surface area contributed by atoms with Crippen LogP contribution in [0, 0.1) is 5.92 Å². The van der Waals surface area contributed by atoms with Crippen LogP contribution in [0.3, 0.4) is 0 Å². The Hall–Kier alpha value is -2.03. The number of nitrogens with zero attached hydrogens (tertiary/aromatic N) is 2. The summed E-state index contributed by atoms with van der Waals surface area (Å²) in [6.45, 7) is 8.35. The average Bonchev–Trinajstić information content (AvgIpc) is 3.41. The van der Waals surface area contributed by atoms with Gasteiger partial charge in [0.05, 0.1) is 13.2 Å². The zero-order valence-electron chi connectivity index (χ0n) is 17.4. The fraction of sp³-hybridized carbons (Fsp3) is 0.455. The summed E-state index contributed by atoms with van der Waals surface area (Å²) in [6, 6.07) is 12.1. The quantitative estimate of drug-likeness (QED) is 0.290. The van der Waals surface area contributed by atoms with E-state index in [1.807, 2.05) is 36.4 Å². The molecule has 158 valence electrons. The van der Waals surface area contributed by atoms with Crippen molar-refractivity contribution in [2.75, 3.05) is 13.2 Å². The van der Waals surface area contributed by atoms with Crippen LogP contribution in [0.25, 0.3) is 0 Å². The summed E-state index contributed by atoms with van der Waals surface area (Å²) < 4.78 is 11.9. The second kappa shape index (κ2) is 11.8. The van der Waals surface area contributed by atoms with Crippen molar-refractivity contribution in [3.8, 4) is 17.4 Å². The van der Waals surface area contributed by atoms with E-state index in [-0.39, 0.29) is 24.0 Å². The van der Waals surface area contributed by atoms with Crippen LogP contribution in [0.1, 0.15) is 39.2 Å². The van der Waals surface area contributed by atoms with Gasteiger partial charge in [0.2, 0.25) is 5.88 Å². The Morgan fingerprint density at radius 1 is 1.17 bits per heavy atom. The molecule has 0 radical (unpaired) electrons. The van der Waals surface area contributed by atoms with Gasteiger partial charge in [-0.05, 0) is 43.9 Å². The molecule has 0 bridgehead atoms. The largest absolute Gasteiger partial charge is 0.490 e. The highest BCUT2D eigenvalue weighted by Crippen LogP contribution is 2.32. The van der Waals surface area contributed by atoms with Gasteiger partial charge in [0.25, 0.3) is 0 Å². The first-order valence-corrected chi connectivity index (χ1v) is 10.1. The lowest BCUT2D eigenvalue weighted by molar-refractivity contribution is 0.300. The predicted octanol–water partition coefficient (Wildman–Crippen LogP) is 4.74. The summed E-state index contributed by atoms with van der Waals surface area (Å²) in [5.41, 5.74) is 0.925. The summed E-state index contributed by atoms with van der Waals surface area (Å²) in [5.74, 6) is 3.48. The third-order valence-electron chi connectivity index (χ3n) is 4.55. The van der Waals surface area contributed by atoms with Gasteiger partial charge in [-0.1, -0.05) is 32.0 Å².